The number of nitrogens with one attached hydrogen (secondary N) is 1. The van der Waals surface area contributed by atoms with Crippen LogP contribution in [0.25, 0.3) is 27.9 Å². The first-order chi connectivity index (χ1) is 15.8. The van der Waals surface area contributed by atoms with E-state index in [-0.39, 0.29) is 11.3 Å². The van der Waals surface area contributed by atoms with Gasteiger partial charge >= 0.3 is 0 Å². The molecule has 0 radical (unpaired) electrons. The molecule has 1 amide bonds. The summed E-state index contributed by atoms with van der Waals surface area (Å²) in [6.07, 6.45) is 4.90. The van der Waals surface area contributed by atoms with Gasteiger partial charge in [0.05, 0.1) is 0 Å². The van der Waals surface area contributed by atoms with E-state index in [1.807, 2.05) is 0 Å². The Hall–Kier alpha value is -3.53. The Morgan fingerprint density at radius 3 is 2.61 bits per heavy atom. The van der Waals surface area contributed by atoms with Crippen molar-refractivity contribution in [2.75, 3.05) is 11.4 Å². The number of fused-ring (bicyclic) bond motifs is 6. The Labute approximate surface area is 194 Å². The third kappa shape index (κ3) is 2.67. The van der Waals surface area contributed by atoms with Gasteiger partial charge in [0.1, 0.15) is 5.66 Å². The van der Waals surface area contributed by atoms with Crippen LogP contribution in [0.4, 0.5) is 5.69 Å². The zero-order valence-corrected chi connectivity index (χ0v) is 19.6. The Morgan fingerprint density at radius 2 is 1.76 bits per heavy atom. The summed E-state index contributed by atoms with van der Waals surface area (Å²) in [7, 11) is 2.12. The number of anilines is 1. The summed E-state index contributed by atoms with van der Waals surface area (Å²) >= 11 is 0. The predicted octanol–water partition coefficient (Wildman–Crippen LogP) is 5.67. The average molecular weight is 436 g/mol. The normalized spacial score (nSPS) is 21.6. The van der Waals surface area contributed by atoms with Gasteiger partial charge in [0.15, 0.2) is 0 Å². The van der Waals surface area contributed by atoms with Gasteiger partial charge in [-0.3, -0.25) is 4.79 Å². The number of aryl methyl sites for hydroxylation is 2. The molecular formula is C29H29N3O. The molecular weight excluding hydrogens is 406 g/mol. The molecule has 33 heavy (non-hydrogen) atoms. The van der Waals surface area contributed by atoms with Gasteiger partial charge in [-0.1, -0.05) is 68.0 Å². The largest absolute Gasteiger partial charge is 0.344 e. The minimum absolute atomic E-state index is 0.109. The third-order valence-corrected chi connectivity index (χ3v) is 7.84. The van der Waals surface area contributed by atoms with E-state index < -0.39 is 5.66 Å². The average Bonchev–Trinajstić information content (AvgIpc) is 3.19. The molecule has 0 aliphatic carbocycles. The smallest absolute Gasteiger partial charge is 0.223 e. The second kappa shape index (κ2) is 6.74. The van der Waals surface area contributed by atoms with Crippen LogP contribution in [-0.2, 0) is 17.3 Å². The molecule has 0 saturated carbocycles. The number of nitrogens with zero attached hydrogens (tertiary/aromatic N) is 2. The fourth-order valence-corrected chi connectivity index (χ4v) is 5.97. The minimum Gasteiger partial charge on any atom is -0.344 e. The van der Waals surface area contributed by atoms with Crippen molar-refractivity contribution in [2.24, 2.45) is 7.05 Å². The molecule has 0 spiro atoms. The van der Waals surface area contributed by atoms with Gasteiger partial charge in [-0.15, -0.1) is 0 Å². The van der Waals surface area contributed by atoms with Crippen molar-refractivity contribution in [3.8, 4) is 0 Å². The maximum absolute atomic E-state index is 12.7. The van der Waals surface area contributed by atoms with Crippen molar-refractivity contribution in [3.05, 3.63) is 83.4 Å². The lowest BCUT2D eigenvalue weighted by Gasteiger charge is -2.49. The molecule has 4 heteroatoms. The molecule has 4 aromatic rings. The van der Waals surface area contributed by atoms with Crippen molar-refractivity contribution >= 4 is 39.5 Å². The highest BCUT2D eigenvalue weighted by Crippen LogP contribution is 2.52. The monoisotopic (exact) mass is 435 g/mol. The van der Waals surface area contributed by atoms with Gasteiger partial charge in [-0.05, 0) is 42.3 Å². The van der Waals surface area contributed by atoms with Crippen molar-refractivity contribution in [1.29, 1.82) is 0 Å². The van der Waals surface area contributed by atoms with Crippen LogP contribution in [0.3, 0.4) is 0 Å². The lowest BCUT2D eigenvalue weighted by atomic mass is 9.74. The molecule has 1 unspecified atom stereocenters. The molecule has 4 nitrogen and oxygen atoms in total. The van der Waals surface area contributed by atoms with Gasteiger partial charge < -0.3 is 14.8 Å². The third-order valence-electron chi connectivity index (χ3n) is 7.84. The topological polar surface area (TPSA) is 37.3 Å². The number of para-hydroxylation sites is 1. The second-order valence-electron chi connectivity index (χ2n) is 10.0. The zero-order valence-electron chi connectivity index (χ0n) is 19.6. The molecule has 2 aliphatic heterocycles. The second-order valence-corrected chi connectivity index (χ2v) is 10.0. The summed E-state index contributed by atoms with van der Waals surface area (Å²) in [4.78, 5) is 15.1. The van der Waals surface area contributed by atoms with Crippen molar-refractivity contribution in [1.82, 2.24) is 9.88 Å². The van der Waals surface area contributed by atoms with Crippen LogP contribution in [0.1, 0.15) is 37.0 Å². The number of benzene rings is 3. The summed E-state index contributed by atoms with van der Waals surface area (Å²) in [5.41, 5.74) is 6.47. The molecule has 3 aromatic carbocycles. The van der Waals surface area contributed by atoms with E-state index in [1.54, 1.807) is 0 Å². The Morgan fingerprint density at radius 1 is 0.970 bits per heavy atom. The van der Waals surface area contributed by atoms with Crippen LogP contribution >= 0.6 is 0 Å². The van der Waals surface area contributed by atoms with Crippen LogP contribution in [0.5, 0.6) is 0 Å². The van der Waals surface area contributed by atoms with E-state index in [9.17, 15) is 4.79 Å². The molecule has 0 bridgehead atoms. The van der Waals surface area contributed by atoms with Gasteiger partial charge in [0, 0.05) is 52.9 Å². The van der Waals surface area contributed by atoms with Crippen LogP contribution in [0.15, 0.2) is 66.7 Å². The molecule has 1 fully saturated rings. The lowest BCUT2D eigenvalue weighted by molar-refractivity contribution is -0.124. The highest BCUT2D eigenvalue weighted by molar-refractivity contribution is 6.08. The Bertz CT molecular complexity index is 1480. The highest BCUT2D eigenvalue weighted by Gasteiger charge is 2.57. The fraction of sp³-hybridized carbons (Fsp3) is 0.276. The lowest BCUT2D eigenvalue weighted by Crippen LogP contribution is -2.68. The maximum atomic E-state index is 12.7. The fourth-order valence-electron chi connectivity index (χ4n) is 5.97. The number of carbonyl (C=O) groups is 1. The summed E-state index contributed by atoms with van der Waals surface area (Å²) in [6.45, 7) is 7.34. The van der Waals surface area contributed by atoms with E-state index in [2.05, 4.69) is 115 Å². The number of aromatic nitrogens is 1. The van der Waals surface area contributed by atoms with Crippen LogP contribution < -0.4 is 10.2 Å². The van der Waals surface area contributed by atoms with Crippen LogP contribution in [0, 0.1) is 6.92 Å². The number of carbonyl (C=O) groups excluding carboxylic acids is 1. The SMILES string of the molecule is Cc1ccc2c(c1)C(C)(C)C1(C=Cc3ccc4c5ccccc5n(C)c4c3)NC(=O)CCN21. The molecule has 1 N–H and O–H groups in total. The van der Waals surface area contributed by atoms with E-state index in [0.29, 0.717) is 6.42 Å². The van der Waals surface area contributed by atoms with Gasteiger partial charge in [-0.2, -0.15) is 0 Å². The highest BCUT2D eigenvalue weighted by atomic mass is 16.2. The van der Waals surface area contributed by atoms with E-state index in [4.69, 9.17) is 0 Å². The summed E-state index contributed by atoms with van der Waals surface area (Å²) in [5.74, 6) is 0.109. The number of amides is 1. The van der Waals surface area contributed by atoms with Crippen molar-refractivity contribution in [2.45, 2.75) is 38.3 Å². The Balaban J connectivity index is 1.49. The van der Waals surface area contributed by atoms with Crippen molar-refractivity contribution in [3.63, 3.8) is 0 Å². The van der Waals surface area contributed by atoms with Gasteiger partial charge in [0.2, 0.25) is 5.91 Å². The molecule has 2 aliphatic rings. The first kappa shape index (κ1) is 20.1. The first-order valence-corrected chi connectivity index (χ1v) is 11.7. The molecule has 6 rings (SSSR count). The van der Waals surface area contributed by atoms with E-state index in [1.165, 1.54) is 38.6 Å². The first-order valence-electron chi connectivity index (χ1n) is 11.7. The summed E-state index contributed by atoms with van der Waals surface area (Å²) in [5, 5.41) is 5.92. The van der Waals surface area contributed by atoms with Gasteiger partial charge in [0.25, 0.3) is 0 Å². The number of hydrogen-bond acceptors (Lipinski definition) is 2. The number of rotatable bonds is 2. The van der Waals surface area contributed by atoms with Crippen molar-refractivity contribution < 1.29 is 4.79 Å². The minimum atomic E-state index is -0.591. The van der Waals surface area contributed by atoms with E-state index >= 15 is 0 Å². The molecule has 166 valence electrons. The Kier molecular flexibility index (Phi) is 4.10. The van der Waals surface area contributed by atoms with E-state index in [0.717, 1.165) is 12.1 Å². The van der Waals surface area contributed by atoms with Crippen LogP contribution in [0.2, 0.25) is 0 Å². The zero-order chi connectivity index (χ0) is 23.0. The molecule has 3 heterocycles. The maximum Gasteiger partial charge on any atom is 0.223 e. The summed E-state index contributed by atoms with van der Waals surface area (Å²) in [6, 6.07) is 21.8. The summed E-state index contributed by atoms with van der Waals surface area (Å²) < 4.78 is 2.26. The predicted molar refractivity (Wildman–Crippen MR) is 137 cm³/mol. The van der Waals surface area contributed by atoms with Crippen LogP contribution in [-0.4, -0.2) is 22.7 Å². The number of hydrogen-bond donors (Lipinski definition) is 1. The quantitative estimate of drug-likeness (QED) is 0.441. The molecule has 1 saturated heterocycles. The van der Waals surface area contributed by atoms with Gasteiger partial charge in [-0.25, -0.2) is 0 Å². The molecule has 1 atom stereocenters. The molecule has 1 aromatic heterocycles. The standard InChI is InChI=1S/C29H29N3O/c1-19-9-12-25-23(17-19)28(2,3)29(30-27(33)14-16-32(25)29)15-13-20-10-11-22-21-7-5-6-8-24(21)31(4)26(22)18-20/h5-13,15,17-18H,14,16H2,1-4H3,(H,30,33).